The minimum Gasteiger partial charge on any atom is -0.477 e. The second-order valence-corrected chi connectivity index (χ2v) is 6.81. The van der Waals surface area contributed by atoms with Crippen LogP contribution < -0.4 is 0 Å². The Kier molecular flexibility index (Phi) is 4.53. The van der Waals surface area contributed by atoms with Crippen LogP contribution in [0.2, 0.25) is 0 Å². The van der Waals surface area contributed by atoms with Gasteiger partial charge in [0.2, 0.25) is 0 Å². The lowest BCUT2D eigenvalue weighted by atomic mass is 10.1. The predicted octanol–water partition coefficient (Wildman–Crippen LogP) is 5.52. The van der Waals surface area contributed by atoms with Crippen LogP contribution in [0.15, 0.2) is 54.6 Å². The normalized spacial score (nSPS) is 12.0. The maximum atomic E-state index is 12.9. The van der Waals surface area contributed by atoms with Gasteiger partial charge in [-0.2, -0.15) is 13.2 Å². The summed E-state index contributed by atoms with van der Waals surface area (Å²) in [5, 5.41) is 11.1. The number of aromatic carboxylic acids is 1. The number of benzene rings is 2. The Morgan fingerprint density at radius 1 is 1.07 bits per heavy atom. The standard InChI is InChI=1S/C22H17F3N2O2/c1-2-17-20-16(11-18(26-17)21(28)29)15-5-3-4-6-19(15)27(20)12-13-7-9-14(10-8-13)22(23,24)25/h3-11H,2,12H2,1H3,(H,28,29). The zero-order valence-corrected chi connectivity index (χ0v) is 15.5. The van der Waals surface area contributed by atoms with Gasteiger partial charge in [0.15, 0.2) is 0 Å². The van der Waals surface area contributed by atoms with E-state index in [-0.39, 0.29) is 5.69 Å². The number of fused-ring (bicyclic) bond motifs is 3. The van der Waals surface area contributed by atoms with Crippen molar-refractivity contribution in [3.8, 4) is 0 Å². The first-order valence-corrected chi connectivity index (χ1v) is 9.10. The molecule has 0 aliphatic carbocycles. The first-order chi connectivity index (χ1) is 13.8. The van der Waals surface area contributed by atoms with Gasteiger partial charge in [-0.15, -0.1) is 0 Å². The molecule has 0 spiro atoms. The predicted molar refractivity (Wildman–Crippen MR) is 104 cm³/mol. The van der Waals surface area contributed by atoms with Crippen LogP contribution in [0, 0.1) is 0 Å². The zero-order chi connectivity index (χ0) is 20.8. The number of alkyl halides is 3. The number of pyridine rings is 1. The van der Waals surface area contributed by atoms with Crippen molar-refractivity contribution in [2.45, 2.75) is 26.1 Å². The summed E-state index contributed by atoms with van der Waals surface area (Å²) in [6.45, 7) is 2.25. The Morgan fingerprint density at radius 2 is 1.76 bits per heavy atom. The summed E-state index contributed by atoms with van der Waals surface area (Å²) < 4.78 is 40.6. The number of aryl methyl sites for hydroxylation is 1. The maximum Gasteiger partial charge on any atom is 0.416 e. The van der Waals surface area contributed by atoms with Crippen molar-refractivity contribution in [3.05, 3.63) is 77.1 Å². The third-order valence-electron chi connectivity index (χ3n) is 5.00. The van der Waals surface area contributed by atoms with Crippen LogP contribution in [0.25, 0.3) is 21.8 Å². The van der Waals surface area contributed by atoms with E-state index in [0.717, 1.165) is 33.9 Å². The number of hydrogen-bond acceptors (Lipinski definition) is 2. The quantitative estimate of drug-likeness (QED) is 0.493. The average Bonchev–Trinajstić information content (AvgIpc) is 3.01. The molecule has 4 aromatic rings. The second kappa shape index (κ2) is 6.92. The number of halogens is 3. The summed E-state index contributed by atoms with van der Waals surface area (Å²) in [5.74, 6) is -1.10. The first kappa shape index (κ1) is 19.0. The third kappa shape index (κ3) is 3.33. The number of nitrogens with zero attached hydrogens (tertiary/aromatic N) is 2. The SMILES string of the molecule is CCc1nc(C(=O)O)cc2c3ccccc3n(Cc3ccc(C(F)(F)F)cc3)c12. The zero-order valence-electron chi connectivity index (χ0n) is 15.5. The van der Waals surface area contributed by atoms with Gasteiger partial charge in [-0.3, -0.25) is 0 Å². The highest BCUT2D eigenvalue weighted by molar-refractivity contribution is 6.10. The number of hydrogen-bond donors (Lipinski definition) is 1. The first-order valence-electron chi connectivity index (χ1n) is 9.10. The largest absolute Gasteiger partial charge is 0.477 e. The average molecular weight is 398 g/mol. The van der Waals surface area contributed by atoms with Crippen LogP contribution in [0.1, 0.15) is 34.2 Å². The van der Waals surface area contributed by atoms with Crippen LogP contribution >= 0.6 is 0 Å². The highest BCUT2D eigenvalue weighted by Gasteiger charge is 2.30. The van der Waals surface area contributed by atoms with Crippen LogP contribution in [0.5, 0.6) is 0 Å². The summed E-state index contributed by atoms with van der Waals surface area (Å²) in [4.78, 5) is 15.8. The van der Waals surface area contributed by atoms with Gasteiger partial charge in [0.1, 0.15) is 5.69 Å². The van der Waals surface area contributed by atoms with Crippen molar-refractivity contribution in [1.29, 1.82) is 0 Å². The van der Waals surface area contributed by atoms with E-state index in [9.17, 15) is 23.1 Å². The Morgan fingerprint density at radius 3 is 2.38 bits per heavy atom. The highest BCUT2D eigenvalue weighted by Crippen LogP contribution is 2.33. The maximum absolute atomic E-state index is 12.9. The molecule has 0 radical (unpaired) electrons. The molecule has 0 saturated heterocycles. The molecular weight excluding hydrogens is 381 g/mol. The lowest BCUT2D eigenvalue weighted by Crippen LogP contribution is -2.07. The van der Waals surface area contributed by atoms with Gasteiger partial charge in [0.25, 0.3) is 0 Å². The molecule has 2 aromatic heterocycles. The topological polar surface area (TPSA) is 55.1 Å². The number of aromatic nitrogens is 2. The number of carboxylic acid groups (broad SMARTS) is 1. The van der Waals surface area contributed by atoms with E-state index >= 15 is 0 Å². The molecule has 29 heavy (non-hydrogen) atoms. The van der Waals surface area contributed by atoms with E-state index in [0.29, 0.717) is 24.2 Å². The summed E-state index contributed by atoms with van der Waals surface area (Å²) in [5.41, 5.74) is 2.32. The molecule has 1 N–H and O–H groups in total. The van der Waals surface area contributed by atoms with E-state index in [1.165, 1.54) is 12.1 Å². The Bertz CT molecular complexity index is 1220. The summed E-state index contributed by atoms with van der Waals surface area (Å²) in [7, 11) is 0. The van der Waals surface area contributed by atoms with Gasteiger partial charge < -0.3 is 9.67 Å². The van der Waals surface area contributed by atoms with Crippen molar-refractivity contribution in [3.63, 3.8) is 0 Å². The Labute approximate surface area is 164 Å². The van der Waals surface area contributed by atoms with Crippen LogP contribution in [-0.2, 0) is 19.1 Å². The van der Waals surface area contributed by atoms with Gasteiger partial charge in [0, 0.05) is 22.8 Å². The molecule has 7 heteroatoms. The molecule has 2 heterocycles. The number of carboxylic acids is 1. The monoisotopic (exact) mass is 398 g/mol. The van der Waals surface area contributed by atoms with Gasteiger partial charge >= 0.3 is 12.1 Å². The van der Waals surface area contributed by atoms with E-state index in [1.54, 1.807) is 6.07 Å². The molecule has 0 aliphatic rings. The highest BCUT2D eigenvalue weighted by atomic mass is 19.4. The summed E-state index contributed by atoms with van der Waals surface area (Å²) in [6, 6.07) is 14.2. The number of para-hydroxylation sites is 1. The second-order valence-electron chi connectivity index (χ2n) is 6.81. The minimum atomic E-state index is -4.38. The van der Waals surface area contributed by atoms with Crippen molar-refractivity contribution >= 4 is 27.8 Å². The van der Waals surface area contributed by atoms with Crippen molar-refractivity contribution < 1.29 is 23.1 Å². The molecule has 0 saturated carbocycles. The lowest BCUT2D eigenvalue weighted by Gasteiger charge is -2.12. The lowest BCUT2D eigenvalue weighted by molar-refractivity contribution is -0.137. The fraction of sp³-hybridized carbons (Fsp3) is 0.182. The Hall–Kier alpha value is -3.35. The molecule has 0 aliphatic heterocycles. The minimum absolute atomic E-state index is 0.0215. The van der Waals surface area contributed by atoms with E-state index in [1.807, 2.05) is 35.8 Å². The van der Waals surface area contributed by atoms with Crippen LogP contribution in [0.3, 0.4) is 0 Å². The third-order valence-corrected chi connectivity index (χ3v) is 5.00. The summed E-state index contributed by atoms with van der Waals surface area (Å²) in [6.07, 6.45) is -3.85. The molecule has 0 amide bonds. The molecule has 0 bridgehead atoms. The smallest absolute Gasteiger partial charge is 0.416 e. The van der Waals surface area contributed by atoms with Gasteiger partial charge in [-0.05, 0) is 36.2 Å². The summed E-state index contributed by atoms with van der Waals surface area (Å²) >= 11 is 0. The van der Waals surface area contributed by atoms with Gasteiger partial charge in [-0.25, -0.2) is 9.78 Å². The van der Waals surface area contributed by atoms with E-state index < -0.39 is 17.7 Å². The van der Waals surface area contributed by atoms with Crippen LogP contribution in [-0.4, -0.2) is 20.6 Å². The molecular formula is C22H17F3N2O2. The van der Waals surface area contributed by atoms with E-state index in [4.69, 9.17) is 0 Å². The Balaban J connectivity index is 1.92. The fourth-order valence-corrected chi connectivity index (χ4v) is 3.66. The molecule has 0 atom stereocenters. The van der Waals surface area contributed by atoms with E-state index in [2.05, 4.69) is 4.98 Å². The van der Waals surface area contributed by atoms with Crippen molar-refractivity contribution in [2.75, 3.05) is 0 Å². The van der Waals surface area contributed by atoms with Crippen molar-refractivity contribution in [1.82, 2.24) is 9.55 Å². The molecule has 148 valence electrons. The number of rotatable bonds is 4. The molecule has 0 fully saturated rings. The van der Waals surface area contributed by atoms with Gasteiger partial charge in [0.05, 0.1) is 16.8 Å². The fourth-order valence-electron chi connectivity index (χ4n) is 3.66. The molecule has 4 rings (SSSR count). The van der Waals surface area contributed by atoms with Crippen LogP contribution in [0.4, 0.5) is 13.2 Å². The molecule has 2 aromatic carbocycles. The molecule has 0 unspecified atom stereocenters. The molecule has 4 nitrogen and oxygen atoms in total. The van der Waals surface area contributed by atoms with Crippen molar-refractivity contribution in [2.24, 2.45) is 0 Å². The van der Waals surface area contributed by atoms with Gasteiger partial charge in [-0.1, -0.05) is 37.3 Å². The number of carbonyl (C=O) groups is 1.